The average Bonchev–Trinajstić information content (AvgIpc) is 3.09. The van der Waals surface area contributed by atoms with Crippen molar-refractivity contribution in [2.24, 2.45) is 4.99 Å². The molecule has 5 rings (SSSR count). The zero-order valence-electron chi connectivity index (χ0n) is 19.6. The number of aliphatic hydroxyl groups is 1. The number of hydrogen-bond acceptors (Lipinski definition) is 6. The van der Waals surface area contributed by atoms with Crippen LogP contribution in [0, 0.1) is 0 Å². The minimum Gasteiger partial charge on any atom is -0.375 e. The first-order valence-electron chi connectivity index (χ1n) is 11.9. The Kier molecular flexibility index (Phi) is 6.95. The van der Waals surface area contributed by atoms with Gasteiger partial charge in [-0.15, -0.1) is 0 Å². The summed E-state index contributed by atoms with van der Waals surface area (Å²) in [5.74, 6) is 0.602. The largest absolute Gasteiger partial charge is 0.416 e. The van der Waals surface area contributed by atoms with E-state index in [0.717, 1.165) is 43.5 Å². The number of piperazine rings is 1. The molecule has 6 nitrogen and oxygen atoms in total. The molecule has 188 valence electrons. The lowest BCUT2D eigenvalue weighted by molar-refractivity contribution is -0.138. The van der Waals surface area contributed by atoms with Gasteiger partial charge in [0.05, 0.1) is 11.6 Å². The highest BCUT2D eigenvalue weighted by Gasteiger charge is 2.35. The number of rotatable bonds is 4. The molecule has 2 atom stereocenters. The second kappa shape index (κ2) is 10.3. The van der Waals surface area contributed by atoms with Gasteiger partial charge in [-0.3, -0.25) is 4.90 Å². The van der Waals surface area contributed by atoms with Crippen LogP contribution in [0.1, 0.15) is 11.1 Å². The maximum Gasteiger partial charge on any atom is 0.416 e. The van der Waals surface area contributed by atoms with Gasteiger partial charge in [-0.25, -0.2) is 4.99 Å². The highest BCUT2D eigenvalue weighted by atomic mass is 19.4. The van der Waals surface area contributed by atoms with Crippen LogP contribution in [-0.4, -0.2) is 54.3 Å². The zero-order valence-corrected chi connectivity index (χ0v) is 19.6. The Labute approximate surface area is 208 Å². The SMILES string of the molecule is OC1C=CC2=CN=C(Nc3ccc(N4CCNCC4)cc3)C=CC2N1Cc1ccccc1C(F)(F)F. The fraction of sp³-hybridized carbons (Fsp3) is 0.296. The number of fused-ring (bicyclic) bond motifs is 1. The van der Waals surface area contributed by atoms with Crippen LogP contribution in [0.15, 0.2) is 89.6 Å². The molecule has 2 aromatic rings. The van der Waals surface area contributed by atoms with Gasteiger partial charge < -0.3 is 20.6 Å². The lowest BCUT2D eigenvalue weighted by Gasteiger charge is -2.36. The zero-order chi connectivity index (χ0) is 25.1. The van der Waals surface area contributed by atoms with Crippen molar-refractivity contribution in [2.75, 3.05) is 36.4 Å². The number of aliphatic hydroxyl groups excluding tert-OH is 1. The minimum atomic E-state index is -4.47. The number of halogens is 3. The van der Waals surface area contributed by atoms with Crippen molar-refractivity contribution in [2.45, 2.75) is 25.0 Å². The smallest absolute Gasteiger partial charge is 0.375 e. The number of amidine groups is 1. The first kappa shape index (κ1) is 24.3. The van der Waals surface area contributed by atoms with Gasteiger partial charge in [0.2, 0.25) is 0 Å². The second-order valence-corrected chi connectivity index (χ2v) is 8.96. The van der Waals surface area contributed by atoms with E-state index in [-0.39, 0.29) is 12.1 Å². The Morgan fingerprint density at radius 3 is 2.50 bits per heavy atom. The molecular weight excluding hydrogens is 467 g/mol. The highest BCUT2D eigenvalue weighted by Crippen LogP contribution is 2.34. The summed E-state index contributed by atoms with van der Waals surface area (Å²) in [6, 6.07) is 13.2. The number of nitrogens with one attached hydrogen (secondary N) is 2. The van der Waals surface area contributed by atoms with Crippen molar-refractivity contribution in [3.8, 4) is 0 Å². The quantitative estimate of drug-likeness (QED) is 0.595. The van der Waals surface area contributed by atoms with Crippen LogP contribution in [0.4, 0.5) is 24.5 Å². The number of alkyl halides is 3. The third-order valence-corrected chi connectivity index (χ3v) is 6.59. The Balaban J connectivity index is 1.32. The van der Waals surface area contributed by atoms with Crippen LogP contribution >= 0.6 is 0 Å². The monoisotopic (exact) mass is 495 g/mol. The number of hydrogen-bond donors (Lipinski definition) is 3. The first-order valence-corrected chi connectivity index (χ1v) is 11.9. The molecule has 0 spiro atoms. The third-order valence-electron chi connectivity index (χ3n) is 6.59. The van der Waals surface area contributed by atoms with Gasteiger partial charge in [0.25, 0.3) is 0 Å². The summed E-state index contributed by atoms with van der Waals surface area (Å²) >= 11 is 0. The molecule has 0 saturated carbocycles. The predicted octanol–water partition coefficient (Wildman–Crippen LogP) is 4.14. The summed E-state index contributed by atoms with van der Waals surface area (Å²) in [4.78, 5) is 8.49. The number of nitrogens with zero attached hydrogens (tertiary/aromatic N) is 3. The van der Waals surface area contributed by atoms with Gasteiger partial charge in [0.15, 0.2) is 0 Å². The molecule has 1 saturated heterocycles. The molecule has 3 N–H and O–H groups in total. The normalized spacial score (nSPS) is 22.5. The molecule has 9 heteroatoms. The number of aliphatic imine (C=N–C) groups is 1. The fourth-order valence-electron chi connectivity index (χ4n) is 4.70. The molecule has 0 aromatic heterocycles. The number of benzene rings is 2. The Morgan fingerprint density at radius 2 is 1.75 bits per heavy atom. The third kappa shape index (κ3) is 5.38. The van der Waals surface area contributed by atoms with E-state index in [4.69, 9.17) is 0 Å². The molecule has 1 fully saturated rings. The van der Waals surface area contributed by atoms with E-state index in [1.165, 1.54) is 17.8 Å². The summed E-state index contributed by atoms with van der Waals surface area (Å²) in [5.41, 5.74) is 2.25. The van der Waals surface area contributed by atoms with Crippen LogP contribution in [0.3, 0.4) is 0 Å². The van der Waals surface area contributed by atoms with Gasteiger partial charge in [-0.1, -0.05) is 30.4 Å². The van der Waals surface area contributed by atoms with Crippen molar-refractivity contribution in [3.05, 3.63) is 95.7 Å². The van der Waals surface area contributed by atoms with E-state index >= 15 is 0 Å². The van der Waals surface area contributed by atoms with Gasteiger partial charge in [-0.05, 0) is 53.6 Å². The summed E-state index contributed by atoms with van der Waals surface area (Å²) in [6.07, 6.45) is 3.18. The molecule has 0 bridgehead atoms. The molecule has 0 aliphatic carbocycles. The van der Waals surface area contributed by atoms with E-state index < -0.39 is 24.0 Å². The van der Waals surface area contributed by atoms with Crippen LogP contribution in [0.25, 0.3) is 0 Å². The van der Waals surface area contributed by atoms with Gasteiger partial charge >= 0.3 is 6.18 Å². The average molecular weight is 496 g/mol. The van der Waals surface area contributed by atoms with E-state index in [9.17, 15) is 18.3 Å². The molecule has 3 heterocycles. The van der Waals surface area contributed by atoms with Crippen molar-refractivity contribution < 1.29 is 18.3 Å². The molecule has 0 radical (unpaired) electrons. The Hall–Kier alpha value is -3.40. The van der Waals surface area contributed by atoms with Crippen LogP contribution < -0.4 is 15.5 Å². The van der Waals surface area contributed by atoms with E-state index in [2.05, 4.69) is 32.7 Å². The van der Waals surface area contributed by atoms with Gasteiger partial charge in [0, 0.05) is 50.3 Å². The topological polar surface area (TPSA) is 63.1 Å². The van der Waals surface area contributed by atoms with Crippen molar-refractivity contribution in [1.29, 1.82) is 0 Å². The van der Waals surface area contributed by atoms with Gasteiger partial charge in [-0.2, -0.15) is 13.2 Å². The van der Waals surface area contributed by atoms with E-state index in [0.29, 0.717) is 5.84 Å². The maximum absolute atomic E-state index is 13.5. The Morgan fingerprint density at radius 1 is 1.00 bits per heavy atom. The predicted molar refractivity (Wildman–Crippen MR) is 136 cm³/mol. The standard InChI is InChI=1S/C27H28F3N5O/c28-27(29,30)23-4-2-1-3-20(23)18-35-24-10-11-25(32-17-19(24)5-12-26(35)36)33-21-6-8-22(9-7-21)34-15-13-31-14-16-34/h1-12,17,24,26,31,36H,13-16,18H2,(H,32,33). The van der Waals surface area contributed by atoms with Crippen LogP contribution in [0.5, 0.6) is 0 Å². The highest BCUT2D eigenvalue weighted by molar-refractivity contribution is 6.04. The summed E-state index contributed by atoms with van der Waals surface area (Å²) < 4.78 is 40.6. The first-order chi connectivity index (χ1) is 17.4. The molecule has 3 aliphatic heterocycles. The fourth-order valence-corrected chi connectivity index (χ4v) is 4.70. The summed E-state index contributed by atoms with van der Waals surface area (Å²) in [5, 5.41) is 17.3. The summed E-state index contributed by atoms with van der Waals surface area (Å²) in [6.45, 7) is 3.82. The van der Waals surface area contributed by atoms with Crippen molar-refractivity contribution in [1.82, 2.24) is 10.2 Å². The molecule has 2 aromatic carbocycles. The van der Waals surface area contributed by atoms with Crippen molar-refractivity contribution in [3.63, 3.8) is 0 Å². The Bertz CT molecular complexity index is 1200. The van der Waals surface area contributed by atoms with Crippen molar-refractivity contribution >= 4 is 17.2 Å². The minimum absolute atomic E-state index is 0.0657. The van der Waals surface area contributed by atoms with E-state index in [1.54, 1.807) is 35.4 Å². The maximum atomic E-state index is 13.5. The molecule has 36 heavy (non-hydrogen) atoms. The molecule has 0 amide bonds. The summed E-state index contributed by atoms with van der Waals surface area (Å²) in [7, 11) is 0. The molecule has 2 unspecified atom stereocenters. The second-order valence-electron chi connectivity index (χ2n) is 8.96. The molecular formula is C27H28F3N5O. The van der Waals surface area contributed by atoms with Crippen LogP contribution in [0.2, 0.25) is 0 Å². The lowest BCUT2D eigenvalue weighted by Crippen LogP contribution is -2.44. The molecule has 3 aliphatic rings. The number of anilines is 2. The van der Waals surface area contributed by atoms with Gasteiger partial charge in [0.1, 0.15) is 12.1 Å². The lowest BCUT2D eigenvalue weighted by atomic mass is 9.98. The van der Waals surface area contributed by atoms with E-state index in [1.807, 2.05) is 18.2 Å². The van der Waals surface area contributed by atoms with Crippen LogP contribution in [-0.2, 0) is 12.7 Å².